The molecule has 0 aromatic carbocycles. The Balaban J connectivity index is 2.54. The van der Waals surface area contributed by atoms with E-state index in [9.17, 15) is 4.79 Å². The monoisotopic (exact) mass is 255 g/mol. The fourth-order valence-corrected chi connectivity index (χ4v) is 2.07. The summed E-state index contributed by atoms with van der Waals surface area (Å²) in [5.41, 5.74) is 0. The average Bonchev–Trinajstić information content (AvgIpc) is 2.12. The number of nitrogens with zero attached hydrogens (tertiary/aromatic N) is 1. The molecule has 5 nitrogen and oxygen atoms in total. The molecule has 0 aromatic rings. The smallest absolute Gasteiger partial charge is 0.308 e. The van der Waals surface area contributed by atoms with Gasteiger partial charge in [-0.15, -0.1) is 0 Å². The zero-order valence-corrected chi connectivity index (χ0v) is 11.4. The summed E-state index contributed by atoms with van der Waals surface area (Å²) in [6.45, 7) is 7.20. The van der Waals surface area contributed by atoms with E-state index in [0.29, 0.717) is 12.8 Å². The molecule has 0 amide bonds. The van der Waals surface area contributed by atoms with Gasteiger partial charge >= 0.3 is 5.97 Å². The van der Waals surface area contributed by atoms with E-state index >= 15 is 0 Å². The minimum absolute atomic E-state index is 0.125. The largest absolute Gasteiger partial charge is 0.463 e. The lowest BCUT2D eigenvalue weighted by Crippen LogP contribution is -2.45. The van der Waals surface area contributed by atoms with Crippen molar-refractivity contribution in [1.29, 1.82) is 5.26 Å². The van der Waals surface area contributed by atoms with Crippen LogP contribution in [0.4, 0.5) is 0 Å². The van der Waals surface area contributed by atoms with Crippen LogP contribution in [0.1, 0.15) is 47.0 Å². The number of carbonyl (C=O) groups is 1. The van der Waals surface area contributed by atoms with Gasteiger partial charge in [0, 0.05) is 6.42 Å². The van der Waals surface area contributed by atoms with Crippen molar-refractivity contribution < 1.29 is 19.0 Å². The third-order valence-electron chi connectivity index (χ3n) is 2.51. The van der Waals surface area contributed by atoms with Gasteiger partial charge in [0.2, 0.25) is 0 Å². The van der Waals surface area contributed by atoms with E-state index in [2.05, 4.69) is 6.07 Å². The van der Waals surface area contributed by atoms with Gasteiger partial charge in [-0.25, -0.2) is 0 Å². The molecule has 102 valence electrons. The first-order valence-electron chi connectivity index (χ1n) is 6.24. The van der Waals surface area contributed by atoms with Gasteiger partial charge in [-0.2, -0.15) is 5.26 Å². The summed E-state index contributed by atoms with van der Waals surface area (Å²) < 4.78 is 16.4. The van der Waals surface area contributed by atoms with Gasteiger partial charge in [-0.05, 0) is 27.7 Å². The van der Waals surface area contributed by atoms with Crippen molar-refractivity contribution in [2.75, 3.05) is 0 Å². The summed E-state index contributed by atoms with van der Waals surface area (Å²) in [5, 5.41) is 8.71. The molecule has 0 spiro atoms. The van der Waals surface area contributed by atoms with Crippen molar-refractivity contribution in [1.82, 2.24) is 0 Å². The van der Waals surface area contributed by atoms with E-state index in [0.717, 1.165) is 0 Å². The van der Waals surface area contributed by atoms with Crippen molar-refractivity contribution in [3.63, 3.8) is 0 Å². The normalized spacial score (nSPS) is 26.7. The van der Waals surface area contributed by atoms with Gasteiger partial charge in [-0.3, -0.25) is 4.79 Å². The number of carbonyl (C=O) groups excluding carboxylic acids is 1. The topological polar surface area (TPSA) is 68.6 Å². The minimum Gasteiger partial charge on any atom is -0.463 e. The highest BCUT2D eigenvalue weighted by atomic mass is 16.7. The van der Waals surface area contributed by atoms with E-state index in [4.69, 9.17) is 19.5 Å². The van der Waals surface area contributed by atoms with Crippen LogP contribution in [-0.4, -0.2) is 30.1 Å². The Labute approximate surface area is 108 Å². The highest BCUT2D eigenvalue weighted by molar-refractivity contribution is 5.70. The van der Waals surface area contributed by atoms with Gasteiger partial charge in [0.05, 0.1) is 37.2 Å². The molecule has 0 unspecified atom stereocenters. The number of esters is 1. The lowest BCUT2D eigenvalue weighted by atomic mass is 10.0. The molecule has 0 aromatic heterocycles. The predicted octanol–water partition coefficient (Wildman–Crippen LogP) is 2.15. The third-order valence-corrected chi connectivity index (χ3v) is 2.51. The Morgan fingerprint density at radius 1 is 1.44 bits per heavy atom. The van der Waals surface area contributed by atoms with Gasteiger partial charge in [-0.1, -0.05) is 0 Å². The van der Waals surface area contributed by atoms with Crippen LogP contribution >= 0.6 is 0 Å². The number of rotatable bonds is 4. The number of ether oxygens (including phenoxy) is 3. The number of nitriles is 1. The molecule has 0 aliphatic carbocycles. The number of hydrogen-bond acceptors (Lipinski definition) is 5. The maximum absolute atomic E-state index is 11.6. The molecule has 0 bridgehead atoms. The first kappa shape index (κ1) is 14.9. The highest BCUT2D eigenvalue weighted by Gasteiger charge is 2.36. The molecule has 18 heavy (non-hydrogen) atoms. The zero-order valence-electron chi connectivity index (χ0n) is 11.4. The van der Waals surface area contributed by atoms with Crippen LogP contribution < -0.4 is 0 Å². The second kappa shape index (κ2) is 6.17. The lowest BCUT2D eigenvalue weighted by molar-refractivity contribution is -0.298. The molecule has 1 aliphatic heterocycles. The molecule has 0 saturated carbocycles. The van der Waals surface area contributed by atoms with Crippen molar-refractivity contribution in [3.8, 4) is 6.07 Å². The molecule has 2 atom stereocenters. The molecule has 1 rings (SSSR count). The molecule has 1 fully saturated rings. The van der Waals surface area contributed by atoms with Crippen LogP contribution in [0.2, 0.25) is 0 Å². The molecule has 1 aliphatic rings. The summed E-state index contributed by atoms with van der Waals surface area (Å²) in [7, 11) is 0. The van der Waals surface area contributed by atoms with E-state index in [1.165, 1.54) is 0 Å². The van der Waals surface area contributed by atoms with Crippen LogP contribution in [0.3, 0.4) is 0 Å². The SMILES string of the molecule is CC(C)OC(=O)C[C@H]1C[C@@H](CC#N)OC(C)(C)O1. The Kier molecular flexibility index (Phi) is 5.12. The van der Waals surface area contributed by atoms with Crippen LogP contribution in [0, 0.1) is 11.3 Å². The Morgan fingerprint density at radius 2 is 2.06 bits per heavy atom. The minimum atomic E-state index is -0.761. The number of hydrogen-bond donors (Lipinski definition) is 0. The molecular weight excluding hydrogens is 234 g/mol. The van der Waals surface area contributed by atoms with Crippen molar-refractivity contribution in [2.45, 2.75) is 71.1 Å². The standard InChI is InChI=1S/C13H21NO4/c1-9(2)16-12(15)8-11-7-10(5-6-14)17-13(3,4)18-11/h9-11H,5,7-8H2,1-4H3/t10-,11-/m1/s1. The first-order valence-corrected chi connectivity index (χ1v) is 6.24. The van der Waals surface area contributed by atoms with Gasteiger partial charge in [0.1, 0.15) is 0 Å². The Morgan fingerprint density at radius 3 is 2.61 bits per heavy atom. The van der Waals surface area contributed by atoms with Crippen LogP contribution in [-0.2, 0) is 19.0 Å². The molecular formula is C13H21NO4. The predicted molar refractivity (Wildman–Crippen MR) is 64.5 cm³/mol. The zero-order chi connectivity index (χ0) is 13.8. The van der Waals surface area contributed by atoms with E-state index in [1.54, 1.807) is 13.8 Å². The van der Waals surface area contributed by atoms with E-state index in [1.807, 2.05) is 13.8 Å². The van der Waals surface area contributed by atoms with Crippen molar-refractivity contribution in [3.05, 3.63) is 0 Å². The van der Waals surface area contributed by atoms with Gasteiger partial charge < -0.3 is 14.2 Å². The third kappa shape index (κ3) is 5.03. The second-order valence-electron chi connectivity index (χ2n) is 5.22. The maximum atomic E-state index is 11.6. The first-order chi connectivity index (χ1) is 8.32. The molecule has 1 saturated heterocycles. The maximum Gasteiger partial charge on any atom is 0.308 e. The van der Waals surface area contributed by atoms with E-state index in [-0.39, 0.29) is 30.7 Å². The fourth-order valence-electron chi connectivity index (χ4n) is 2.07. The Hall–Kier alpha value is -1.12. The second-order valence-corrected chi connectivity index (χ2v) is 5.22. The fraction of sp³-hybridized carbons (Fsp3) is 0.846. The molecule has 0 radical (unpaired) electrons. The Bertz CT molecular complexity index is 332. The van der Waals surface area contributed by atoms with Crippen LogP contribution in [0.25, 0.3) is 0 Å². The van der Waals surface area contributed by atoms with Crippen LogP contribution in [0.15, 0.2) is 0 Å². The lowest BCUT2D eigenvalue weighted by Gasteiger charge is -2.39. The summed E-state index contributed by atoms with van der Waals surface area (Å²) in [6, 6.07) is 2.08. The van der Waals surface area contributed by atoms with Gasteiger partial charge in [0.15, 0.2) is 5.79 Å². The summed E-state index contributed by atoms with van der Waals surface area (Å²) in [4.78, 5) is 11.6. The highest BCUT2D eigenvalue weighted by Crippen LogP contribution is 2.29. The van der Waals surface area contributed by atoms with Gasteiger partial charge in [0.25, 0.3) is 0 Å². The molecule has 1 heterocycles. The van der Waals surface area contributed by atoms with Crippen molar-refractivity contribution >= 4 is 5.97 Å². The summed E-state index contributed by atoms with van der Waals surface area (Å²) in [5.74, 6) is -1.04. The molecule has 5 heteroatoms. The summed E-state index contributed by atoms with van der Waals surface area (Å²) >= 11 is 0. The molecule has 0 N–H and O–H groups in total. The van der Waals surface area contributed by atoms with Crippen LogP contribution in [0.5, 0.6) is 0 Å². The van der Waals surface area contributed by atoms with Crippen molar-refractivity contribution in [2.24, 2.45) is 0 Å². The summed E-state index contributed by atoms with van der Waals surface area (Å²) in [6.07, 6.45) is 0.494. The van der Waals surface area contributed by atoms with E-state index < -0.39 is 5.79 Å². The quantitative estimate of drug-likeness (QED) is 0.720. The average molecular weight is 255 g/mol.